The number of pyridine rings is 1. The zero-order valence-corrected chi connectivity index (χ0v) is 12.9. The molecule has 8 heteroatoms. The van der Waals surface area contributed by atoms with Gasteiger partial charge < -0.3 is 5.11 Å². The van der Waals surface area contributed by atoms with Crippen molar-refractivity contribution in [1.82, 2.24) is 4.98 Å². The van der Waals surface area contributed by atoms with E-state index >= 15 is 0 Å². The number of rotatable bonds is 4. The third-order valence-corrected chi connectivity index (χ3v) is 3.50. The van der Waals surface area contributed by atoms with Gasteiger partial charge in [0.25, 0.3) is 5.69 Å². The molecule has 0 spiro atoms. The summed E-state index contributed by atoms with van der Waals surface area (Å²) >= 11 is 5.80. The van der Waals surface area contributed by atoms with Crippen LogP contribution in [-0.4, -0.2) is 16.1 Å². The maximum atomic E-state index is 12.0. The Bertz CT molecular complexity index is 954. The molecular weight excluding hydrogens is 332 g/mol. The average Bonchev–Trinajstić information content (AvgIpc) is 2.57. The first-order chi connectivity index (χ1) is 11.6. The number of nitrogens with one attached hydrogen (secondary N) is 1. The van der Waals surface area contributed by atoms with E-state index in [1.165, 1.54) is 12.3 Å². The number of para-hydroxylation sites is 1. The molecule has 0 fully saturated rings. The van der Waals surface area contributed by atoms with E-state index in [9.17, 15) is 15.2 Å². The van der Waals surface area contributed by atoms with E-state index in [1.54, 1.807) is 12.3 Å². The van der Waals surface area contributed by atoms with Gasteiger partial charge in [0.05, 0.1) is 22.3 Å². The smallest absolute Gasteiger partial charge is 0.263 e. The highest BCUT2D eigenvalue weighted by Crippen LogP contribution is 2.30. The van der Waals surface area contributed by atoms with Gasteiger partial charge in [0.2, 0.25) is 0 Å². The average molecular weight is 342 g/mol. The molecular formula is C16H10ClN4O3-. The Morgan fingerprint density at radius 2 is 2.04 bits per heavy atom. The second-order valence-electron chi connectivity index (χ2n) is 4.85. The molecule has 0 radical (unpaired) electrons. The van der Waals surface area contributed by atoms with Crippen molar-refractivity contribution in [2.24, 2.45) is 5.10 Å². The first-order valence-corrected chi connectivity index (χ1v) is 7.22. The van der Waals surface area contributed by atoms with Crippen molar-refractivity contribution >= 4 is 40.1 Å². The number of hydrazone groups is 1. The van der Waals surface area contributed by atoms with Crippen LogP contribution in [0.5, 0.6) is 5.75 Å². The molecule has 120 valence electrons. The number of nitro benzene ring substituents is 1. The van der Waals surface area contributed by atoms with Crippen LogP contribution in [0.3, 0.4) is 0 Å². The van der Waals surface area contributed by atoms with Crippen LogP contribution in [0.2, 0.25) is 5.02 Å². The highest BCUT2D eigenvalue weighted by Gasteiger charge is 2.11. The second-order valence-corrected chi connectivity index (χ2v) is 5.29. The number of hydrogen-bond acceptors (Lipinski definition) is 6. The molecule has 2 aromatic carbocycles. The summed E-state index contributed by atoms with van der Waals surface area (Å²) in [4.78, 5) is 14.3. The van der Waals surface area contributed by atoms with Gasteiger partial charge in [-0.05, 0) is 29.5 Å². The largest absolute Gasteiger partial charge is 0.867 e. The lowest BCUT2D eigenvalue weighted by atomic mass is 10.2. The van der Waals surface area contributed by atoms with Gasteiger partial charge in [-0.1, -0.05) is 29.8 Å². The highest BCUT2D eigenvalue weighted by atomic mass is 35.5. The summed E-state index contributed by atoms with van der Waals surface area (Å²) in [7, 11) is 0. The number of halogens is 1. The molecule has 0 aliphatic rings. The molecule has 0 unspecified atom stereocenters. The van der Waals surface area contributed by atoms with E-state index < -0.39 is 16.4 Å². The molecule has 0 bridgehead atoms. The van der Waals surface area contributed by atoms with Gasteiger partial charge in [0.1, 0.15) is 0 Å². The van der Waals surface area contributed by atoms with E-state index in [-0.39, 0.29) is 10.6 Å². The monoisotopic (exact) mass is 341 g/mol. The van der Waals surface area contributed by atoms with Crippen LogP contribution in [0.4, 0.5) is 11.4 Å². The Morgan fingerprint density at radius 3 is 2.83 bits per heavy atom. The third-order valence-electron chi connectivity index (χ3n) is 3.28. The van der Waals surface area contributed by atoms with Gasteiger partial charge in [0.15, 0.2) is 0 Å². The van der Waals surface area contributed by atoms with Crippen molar-refractivity contribution in [3.8, 4) is 5.75 Å². The minimum Gasteiger partial charge on any atom is -0.867 e. The van der Waals surface area contributed by atoms with Gasteiger partial charge in [0, 0.05) is 22.7 Å². The fourth-order valence-electron chi connectivity index (χ4n) is 2.20. The molecule has 0 aliphatic carbocycles. The quantitative estimate of drug-likeness (QED) is 0.445. The highest BCUT2D eigenvalue weighted by molar-refractivity contribution is 6.31. The maximum Gasteiger partial charge on any atom is 0.263 e. The van der Waals surface area contributed by atoms with Gasteiger partial charge in [-0.25, -0.2) is 0 Å². The molecule has 0 aliphatic heterocycles. The minimum atomic E-state index is -0.770. The van der Waals surface area contributed by atoms with Gasteiger partial charge >= 0.3 is 0 Å². The molecule has 3 rings (SSSR count). The summed E-state index contributed by atoms with van der Waals surface area (Å²) in [5.74, 6) is -0.744. The number of anilines is 1. The lowest BCUT2D eigenvalue weighted by molar-refractivity contribution is -0.398. The van der Waals surface area contributed by atoms with Crippen LogP contribution >= 0.6 is 11.6 Å². The molecule has 1 aromatic heterocycles. The van der Waals surface area contributed by atoms with Gasteiger partial charge in [-0.2, -0.15) is 5.10 Å². The predicted molar refractivity (Wildman–Crippen MR) is 90.5 cm³/mol. The number of hydrogen-bond donors (Lipinski definition) is 1. The predicted octanol–water partition coefficient (Wildman–Crippen LogP) is 3.32. The summed E-state index contributed by atoms with van der Waals surface area (Å²) in [6.45, 7) is 0. The van der Waals surface area contributed by atoms with Crippen LogP contribution in [0, 0.1) is 10.1 Å². The van der Waals surface area contributed by atoms with Gasteiger partial charge in [-0.15, -0.1) is 0 Å². The van der Waals surface area contributed by atoms with E-state index in [0.717, 1.165) is 17.0 Å². The summed E-state index contributed by atoms with van der Waals surface area (Å²) < 4.78 is 0. The van der Waals surface area contributed by atoms with Gasteiger partial charge in [-0.3, -0.25) is 20.5 Å². The van der Waals surface area contributed by atoms with E-state index in [4.69, 9.17) is 11.6 Å². The molecule has 1 heterocycles. The SMILES string of the molecule is O=[N+]([O-])c1cc(Cl)cc(/C=N\Nc2cccc3cccnc23)c1[O-]. The van der Waals surface area contributed by atoms with E-state index in [0.29, 0.717) is 5.69 Å². The summed E-state index contributed by atoms with van der Waals surface area (Å²) in [6.07, 6.45) is 2.86. The molecule has 24 heavy (non-hydrogen) atoms. The summed E-state index contributed by atoms with van der Waals surface area (Å²) in [6, 6.07) is 11.6. The molecule has 0 saturated carbocycles. The zero-order chi connectivity index (χ0) is 17.1. The number of benzene rings is 2. The number of nitrogens with zero attached hydrogens (tertiary/aromatic N) is 3. The first kappa shape index (κ1) is 15.7. The minimum absolute atomic E-state index is 0.0231. The Hall–Kier alpha value is -3.19. The number of nitro groups is 1. The topological polar surface area (TPSA) is 103 Å². The van der Waals surface area contributed by atoms with Crippen molar-refractivity contribution in [1.29, 1.82) is 0 Å². The Morgan fingerprint density at radius 1 is 1.25 bits per heavy atom. The lowest BCUT2D eigenvalue weighted by Gasteiger charge is -2.11. The fraction of sp³-hybridized carbons (Fsp3) is 0. The number of fused-ring (bicyclic) bond motifs is 1. The van der Waals surface area contributed by atoms with Crippen LogP contribution in [0.1, 0.15) is 5.56 Å². The molecule has 7 nitrogen and oxygen atoms in total. The molecule has 0 atom stereocenters. The van der Waals surface area contributed by atoms with Crippen LogP contribution in [0.15, 0.2) is 53.8 Å². The Balaban J connectivity index is 1.90. The second kappa shape index (κ2) is 6.51. The summed E-state index contributed by atoms with van der Waals surface area (Å²) in [5, 5.41) is 27.8. The fourth-order valence-corrected chi connectivity index (χ4v) is 2.42. The molecule has 0 amide bonds. The van der Waals surface area contributed by atoms with Crippen molar-refractivity contribution < 1.29 is 10.0 Å². The van der Waals surface area contributed by atoms with Crippen LogP contribution < -0.4 is 10.5 Å². The normalized spacial score (nSPS) is 11.0. The maximum absolute atomic E-state index is 12.0. The van der Waals surface area contributed by atoms with E-state index in [2.05, 4.69) is 15.5 Å². The first-order valence-electron chi connectivity index (χ1n) is 6.84. The van der Waals surface area contributed by atoms with Crippen molar-refractivity contribution in [2.45, 2.75) is 0 Å². The van der Waals surface area contributed by atoms with Crippen molar-refractivity contribution in [2.75, 3.05) is 5.43 Å². The Kier molecular flexibility index (Phi) is 4.26. The summed E-state index contributed by atoms with van der Waals surface area (Å²) in [5.41, 5.74) is 3.59. The third kappa shape index (κ3) is 3.11. The molecule has 3 aromatic rings. The standard InChI is InChI=1S/C16H11ClN4O3/c17-12-7-11(16(22)14(8-12)21(23)24)9-19-20-13-5-1-3-10-4-2-6-18-15(10)13/h1-9,20,22H/p-1/b19-9-. The van der Waals surface area contributed by atoms with Crippen molar-refractivity contribution in [3.63, 3.8) is 0 Å². The molecule has 1 N–H and O–H groups in total. The zero-order valence-electron chi connectivity index (χ0n) is 12.1. The van der Waals surface area contributed by atoms with Crippen LogP contribution in [0.25, 0.3) is 10.9 Å². The lowest BCUT2D eigenvalue weighted by Crippen LogP contribution is -2.03. The molecule has 0 saturated heterocycles. The van der Waals surface area contributed by atoms with Crippen molar-refractivity contribution in [3.05, 3.63) is 69.4 Å². The van der Waals surface area contributed by atoms with Crippen LogP contribution in [-0.2, 0) is 0 Å². The van der Waals surface area contributed by atoms with E-state index in [1.807, 2.05) is 24.3 Å². The Labute approximate surface area is 141 Å². The number of aromatic nitrogens is 1.